The molecule has 0 amide bonds. The maximum atomic E-state index is 5.59. The van der Waals surface area contributed by atoms with Gasteiger partial charge < -0.3 is 15.4 Å². The van der Waals surface area contributed by atoms with Gasteiger partial charge in [0.05, 0.1) is 0 Å². The lowest BCUT2D eigenvalue weighted by Gasteiger charge is -2.09. The molecule has 0 aromatic carbocycles. The molecule has 16 heavy (non-hydrogen) atoms. The second-order valence-electron chi connectivity index (χ2n) is 5.27. The Morgan fingerprint density at radius 2 is 2.06 bits per heavy atom. The SMILES string of the molecule is C(CNCCC1CCNC1)COCC1CC1. The Bertz CT molecular complexity index is 177. The van der Waals surface area contributed by atoms with Crippen LogP contribution >= 0.6 is 0 Å². The van der Waals surface area contributed by atoms with Crippen LogP contribution in [0.5, 0.6) is 0 Å². The zero-order valence-corrected chi connectivity index (χ0v) is 10.3. The van der Waals surface area contributed by atoms with Gasteiger partial charge in [0.1, 0.15) is 0 Å². The van der Waals surface area contributed by atoms with Gasteiger partial charge in [-0.2, -0.15) is 0 Å². The molecular formula is C13H26N2O. The predicted molar refractivity (Wildman–Crippen MR) is 66.6 cm³/mol. The fourth-order valence-electron chi connectivity index (χ4n) is 2.23. The molecule has 1 aliphatic carbocycles. The molecule has 2 aliphatic rings. The minimum Gasteiger partial charge on any atom is -0.381 e. The van der Waals surface area contributed by atoms with Crippen LogP contribution in [-0.4, -0.2) is 39.4 Å². The van der Waals surface area contributed by atoms with Crippen molar-refractivity contribution in [3.05, 3.63) is 0 Å². The van der Waals surface area contributed by atoms with E-state index in [2.05, 4.69) is 10.6 Å². The molecule has 1 saturated carbocycles. The monoisotopic (exact) mass is 226 g/mol. The highest BCUT2D eigenvalue weighted by Gasteiger charge is 2.20. The van der Waals surface area contributed by atoms with E-state index in [9.17, 15) is 0 Å². The van der Waals surface area contributed by atoms with Crippen LogP contribution in [0.3, 0.4) is 0 Å². The molecular weight excluding hydrogens is 200 g/mol. The van der Waals surface area contributed by atoms with Gasteiger partial charge in [0.25, 0.3) is 0 Å². The first-order valence-electron chi connectivity index (χ1n) is 6.94. The molecule has 94 valence electrons. The van der Waals surface area contributed by atoms with E-state index in [1.165, 1.54) is 45.3 Å². The molecule has 2 N–H and O–H groups in total. The zero-order valence-electron chi connectivity index (χ0n) is 10.3. The molecule has 0 aromatic heterocycles. The molecule has 2 rings (SSSR count). The number of nitrogens with one attached hydrogen (secondary N) is 2. The Morgan fingerprint density at radius 1 is 1.12 bits per heavy atom. The Morgan fingerprint density at radius 3 is 2.81 bits per heavy atom. The van der Waals surface area contributed by atoms with Crippen LogP contribution in [0.15, 0.2) is 0 Å². The van der Waals surface area contributed by atoms with Crippen LogP contribution in [0.25, 0.3) is 0 Å². The van der Waals surface area contributed by atoms with Crippen LogP contribution in [0.1, 0.15) is 32.1 Å². The normalized spacial score (nSPS) is 25.1. The number of rotatable bonds is 9. The average molecular weight is 226 g/mol. The molecule has 1 atom stereocenters. The zero-order chi connectivity index (χ0) is 11.1. The molecule has 0 spiro atoms. The number of hydrogen-bond donors (Lipinski definition) is 2. The summed E-state index contributed by atoms with van der Waals surface area (Å²) in [4.78, 5) is 0. The Labute approximate surface area is 99.3 Å². The summed E-state index contributed by atoms with van der Waals surface area (Å²) in [5.74, 6) is 1.82. The molecule has 0 aromatic rings. The number of ether oxygens (including phenoxy) is 1. The fraction of sp³-hybridized carbons (Fsp3) is 1.00. The maximum Gasteiger partial charge on any atom is 0.0494 e. The Hall–Kier alpha value is -0.120. The largest absolute Gasteiger partial charge is 0.381 e. The van der Waals surface area contributed by atoms with Gasteiger partial charge in [0.15, 0.2) is 0 Å². The van der Waals surface area contributed by atoms with E-state index in [4.69, 9.17) is 4.74 Å². The molecule has 3 heteroatoms. The van der Waals surface area contributed by atoms with Crippen molar-refractivity contribution >= 4 is 0 Å². The molecule has 2 fully saturated rings. The molecule has 3 nitrogen and oxygen atoms in total. The first-order valence-corrected chi connectivity index (χ1v) is 6.94. The standard InChI is InChI=1S/C13H26N2O/c1(9-16-11-13-2-3-13)6-14-7-4-12-5-8-15-10-12/h12-15H,1-11H2. The highest BCUT2D eigenvalue weighted by atomic mass is 16.5. The van der Waals surface area contributed by atoms with Crippen LogP contribution in [-0.2, 0) is 4.74 Å². The lowest BCUT2D eigenvalue weighted by Crippen LogP contribution is -2.21. The van der Waals surface area contributed by atoms with Gasteiger partial charge in [0.2, 0.25) is 0 Å². The molecule has 1 saturated heterocycles. The first kappa shape index (κ1) is 12.3. The quantitative estimate of drug-likeness (QED) is 0.583. The van der Waals surface area contributed by atoms with Gasteiger partial charge in [-0.3, -0.25) is 0 Å². The van der Waals surface area contributed by atoms with Gasteiger partial charge in [-0.15, -0.1) is 0 Å². The van der Waals surface area contributed by atoms with Crippen LogP contribution in [0.2, 0.25) is 0 Å². The van der Waals surface area contributed by atoms with Crippen molar-refractivity contribution in [1.82, 2.24) is 10.6 Å². The summed E-state index contributed by atoms with van der Waals surface area (Å²) in [7, 11) is 0. The maximum absolute atomic E-state index is 5.59. The van der Waals surface area contributed by atoms with Gasteiger partial charge in [-0.25, -0.2) is 0 Å². The Balaban J connectivity index is 1.29. The van der Waals surface area contributed by atoms with E-state index in [1.807, 2.05) is 0 Å². The summed E-state index contributed by atoms with van der Waals surface area (Å²) >= 11 is 0. The van der Waals surface area contributed by atoms with Crippen LogP contribution in [0, 0.1) is 11.8 Å². The van der Waals surface area contributed by atoms with Gasteiger partial charge in [-0.1, -0.05) is 0 Å². The molecule has 0 bridgehead atoms. The van der Waals surface area contributed by atoms with Crippen molar-refractivity contribution in [2.75, 3.05) is 39.4 Å². The molecule has 1 aliphatic heterocycles. The van der Waals surface area contributed by atoms with Crippen molar-refractivity contribution in [3.8, 4) is 0 Å². The van der Waals surface area contributed by atoms with E-state index >= 15 is 0 Å². The summed E-state index contributed by atoms with van der Waals surface area (Å²) in [6.45, 7) is 6.69. The third kappa shape index (κ3) is 5.28. The van der Waals surface area contributed by atoms with E-state index in [0.717, 1.165) is 38.0 Å². The fourth-order valence-corrected chi connectivity index (χ4v) is 2.23. The molecule has 1 unspecified atom stereocenters. The van der Waals surface area contributed by atoms with Crippen molar-refractivity contribution in [2.45, 2.75) is 32.1 Å². The van der Waals surface area contributed by atoms with Crippen molar-refractivity contribution in [1.29, 1.82) is 0 Å². The lowest BCUT2D eigenvalue weighted by molar-refractivity contribution is 0.122. The number of hydrogen-bond acceptors (Lipinski definition) is 3. The lowest BCUT2D eigenvalue weighted by atomic mass is 10.1. The average Bonchev–Trinajstić information content (AvgIpc) is 2.97. The Kier molecular flexibility index (Phi) is 5.59. The third-order valence-corrected chi connectivity index (χ3v) is 3.58. The van der Waals surface area contributed by atoms with E-state index < -0.39 is 0 Å². The summed E-state index contributed by atoms with van der Waals surface area (Å²) in [6, 6.07) is 0. The first-order chi connectivity index (χ1) is 7.95. The topological polar surface area (TPSA) is 33.3 Å². The van der Waals surface area contributed by atoms with Gasteiger partial charge in [0, 0.05) is 13.2 Å². The summed E-state index contributed by atoms with van der Waals surface area (Å²) in [6.07, 6.45) is 6.65. The highest BCUT2D eigenvalue weighted by molar-refractivity contribution is 4.72. The van der Waals surface area contributed by atoms with Crippen LogP contribution < -0.4 is 10.6 Å². The summed E-state index contributed by atoms with van der Waals surface area (Å²) < 4.78 is 5.59. The second-order valence-corrected chi connectivity index (χ2v) is 5.27. The van der Waals surface area contributed by atoms with Gasteiger partial charge in [-0.05, 0) is 70.1 Å². The summed E-state index contributed by atoms with van der Waals surface area (Å²) in [5.41, 5.74) is 0. The van der Waals surface area contributed by atoms with Gasteiger partial charge >= 0.3 is 0 Å². The predicted octanol–water partition coefficient (Wildman–Crippen LogP) is 1.39. The smallest absolute Gasteiger partial charge is 0.0494 e. The highest BCUT2D eigenvalue weighted by Crippen LogP contribution is 2.28. The van der Waals surface area contributed by atoms with Crippen LogP contribution in [0.4, 0.5) is 0 Å². The van der Waals surface area contributed by atoms with Crippen molar-refractivity contribution in [2.24, 2.45) is 11.8 Å². The molecule has 0 radical (unpaired) electrons. The van der Waals surface area contributed by atoms with Crippen molar-refractivity contribution < 1.29 is 4.74 Å². The van der Waals surface area contributed by atoms with E-state index in [-0.39, 0.29) is 0 Å². The van der Waals surface area contributed by atoms with E-state index in [1.54, 1.807) is 0 Å². The summed E-state index contributed by atoms with van der Waals surface area (Å²) in [5, 5.41) is 6.92. The minimum atomic E-state index is 0.905. The molecule has 1 heterocycles. The second kappa shape index (κ2) is 7.25. The minimum absolute atomic E-state index is 0.905. The van der Waals surface area contributed by atoms with E-state index in [0.29, 0.717) is 0 Å². The van der Waals surface area contributed by atoms with Crippen molar-refractivity contribution in [3.63, 3.8) is 0 Å². The third-order valence-electron chi connectivity index (χ3n) is 3.58.